The van der Waals surface area contributed by atoms with Crippen LogP contribution in [0.3, 0.4) is 0 Å². The highest BCUT2D eigenvalue weighted by Crippen LogP contribution is 2.09. The standard InChI is InChI=1S/C17H27N3O2.2ClH/c1-22-13-8-18-14-17(21)20-10-5-9-19(11-12-20)15-16-6-3-2-4-7-16;;/h2-4,6-7,18H,5,8-15H2,1H3;2*1H. The summed E-state index contributed by atoms with van der Waals surface area (Å²) in [4.78, 5) is 16.6. The second kappa shape index (κ2) is 13.4. The lowest BCUT2D eigenvalue weighted by Gasteiger charge is -2.22. The molecule has 7 heteroatoms. The molecule has 1 aliphatic rings. The molecule has 138 valence electrons. The average Bonchev–Trinajstić information content (AvgIpc) is 2.78. The van der Waals surface area contributed by atoms with Gasteiger partial charge < -0.3 is 15.0 Å². The quantitative estimate of drug-likeness (QED) is 0.735. The number of carbonyl (C=O) groups is 1. The molecule has 0 radical (unpaired) electrons. The maximum Gasteiger partial charge on any atom is 0.236 e. The number of methoxy groups -OCH3 is 1. The highest BCUT2D eigenvalue weighted by atomic mass is 35.5. The molecule has 1 fully saturated rings. The van der Waals surface area contributed by atoms with Crippen LogP contribution in [0.4, 0.5) is 0 Å². The van der Waals surface area contributed by atoms with Crippen LogP contribution in [0, 0.1) is 0 Å². The Morgan fingerprint density at radius 2 is 1.88 bits per heavy atom. The van der Waals surface area contributed by atoms with E-state index in [0.29, 0.717) is 13.2 Å². The third kappa shape index (κ3) is 8.31. The fraction of sp³-hybridized carbons (Fsp3) is 0.588. The normalized spacial score (nSPS) is 15.1. The van der Waals surface area contributed by atoms with Crippen LogP contribution in [0.2, 0.25) is 0 Å². The van der Waals surface area contributed by atoms with Crippen LogP contribution in [0.15, 0.2) is 30.3 Å². The van der Waals surface area contributed by atoms with E-state index in [-0.39, 0.29) is 30.7 Å². The van der Waals surface area contributed by atoms with Gasteiger partial charge in [0, 0.05) is 46.4 Å². The van der Waals surface area contributed by atoms with E-state index in [9.17, 15) is 4.79 Å². The van der Waals surface area contributed by atoms with Crippen molar-refractivity contribution in [3.05, 3.63) is 35.9 Å². The summed E-state index contributed by atoms with van der Waals surface area (Å²) in [6.07, 6.45) is 1.04. The minimum absolute atomic E-state index is 0. The third-order valence-electron chi connectivity index (χ3n) is 3.95. The number of nitrogens with zero attached hydrogens (tertiary/aromatic N) is 2. The number of halogens is 2. The van der Waals surface area contributed by atoms with Crippen LogP contribution in [0.5, 0.6) is 0 Å². The van der Waals surface area contributed by atoms with Crippen LogP contribution < -0.4 is 5.32 Å². The molecule has 0 aliphatic carbocycles. The Morgan fingerprint density at radius 1 is 1.12 bits per heavy atom. The second-order valence-corrected chi connectivity index (χ2v) is 5.67. The lowest BCUT2D eigenvalue weighted by atomic mass is 10.2. The first kappa shape index (κ1) is 23.1. The molecule has 1 N–H and O–H groups in total. The molecule has 24 heavy (non-hydrogen) atoms. The molecule has 1 aliphatic heterocycles. The fourth-order valence-electron chi connectivity index (χ4n) is 2.70. The number of hydrogen-bond donors (Lipinski definition) is 1. The summed E-state index contributed by atoms with van der Waals surface area (Å²) < 4.78 is 4.97. The molecule has 1 aromatic carbocycles. The number of nitrogens with one attached hydrogen (secondary N) is 1. The minimum atomic E-state index is 0. The Balaban J connectivity index is 0.00000264. The van der Waals surface area contributed by atoms with Gasteiger partial charge in [0.15, 0.2) is 0 Å². The number of carbonyl (C=O) groups excluding carboxylic acids is 1. The van der Waals surface area contributed by atoms with Crippen molar-refractivity contribution in [3.63, 3.8) is 0 Å². The van der Waals surface area contributed by atoms with Gasteiger partial charge in [0.25, 0.3) is 0 Å². The van der Waals surface area contributed by atoms with Gasteiger partial charge >= 0.3 is 0 Å². The van der Waals surface area contributed by atoms with Crippen LogP contribution in [-0.2, 0) is 16.1 Å². The van der Waals surface area contributed by atoms with Gasteiger partial charge in [-0.15, -0.1) is 24.8 Å². The zero-order valence-electron chi connectivity index (χ0n) is 14.3. The van der Waals surface area contributed by atoms with Crippen LogP contribution in [0.25, 0.3) is 0 Å². The monoisotopic (exact) mass is 377 g/mol. The Morgan fingerprint density at radius 3 is 2.58 bits per heavy atom. The topological polar surface area (TPSA) is 44.8 Å². The van der Waals surface area contributed by atoms with Crippen molar-refractivity contribution in [2.75, 3.05) is 53.0 Å². The molecule has 0 spiro atoms. The zero-order valence-corrected chi connectivity index (χ0v) is 15.9. The Labute approximate surface area is 157 Å². The van der Waals surface area contributed by atoms with Crippen molar-refractivity contribution in [2.24, 2.45) is 0 Å². The number of rotatable bonds is 7. The maximum absolute atomic E-state index is 12.2. The van der Waals surface area contributed by atoms with Gasteiger partial charge in [-0.2, -0.15) is 0 Å². The molecule has 0 atom stereocenters. The first-order valence-electron chi connectivity index (χ1n) is 8.03. The molecular formula is C17H29Cl2N3O2. The molecule has 0 aromatic heterocycles. The van der Waals surface area contributed by atoms with E-state index in [1.165, 1.54) is 5.56 Å². The molecule has 0 unspecified atom stereocenters. The summed E-state index contributed by atoms with van der Waals surface area (Å²) >= 11 is 0. The number of benzene rings is 1. The first-order valence-corrected chi connectivity index (χ1v) is 8.03. The predicted molar refractivity (Wildman–Crippen MR) is 102 cm³/mol. The summed E-state index contributed by atoms with van der Waals surface area (Å²) in [5.41, 5.74) is 1.34. The van der Waals surface area contributed by atoms with Crippen molar-refractivity contribution in [1.29, 1.82) is 0 Å². The Bertz CT molecular complexity index is 449. The van der Waals surface area contributed by atoms with Gasteiger partial charge in [0.1, 0.15) is 0 Å². The van der Waals surface area contributed by atoms with Crippen molar-refractivity contribution < 1.29 is 9.53 Å². The van der Waals surface area contributed by atoms with Gasteiger partial charge in [-0.05, 0) is 12.0 Å². The van der Waals surface area contributed by atoms with Crippen LogP contribution in [-0.4, -0.2) is 68.7 Å². The van der Waals surface area contributed by atoms with Gasteiger partial charge in [0.05, 0.1) is 13.2 Å². The van der Waals surface area contributed by atoms with E-state index >= 15 is 0 Å². The van der Waals surface area contributed by atoms with Gasteiger partial charge in [-0.3, -0.25) is 9.69 Å². The van der Waals surface area contributed by atoms with Crippen molar-refractivity contribution >= 4 is 30.7 Å². The lowest BCUT2D eigenvalue weighted by molar-refractivity contribution is -0.130. The number of hydrogen-bond acceptors (Lipinski definition) is 4. The maximum atomic E-state index is 12.2. The number of ether oxygens (including phenoxy) is 1. The summed E-state index contributed by atoms with van der Waals surface area (Å²) in [7, 11) is 1.67. The van der Waals surface area contributed by atoms with E-state index in [4.69, 9.17) is 4.74 Å². The number of amides is 1. The SMILES string of the molecule is COCCNCC(=O)N1CCCN(Cc2ccccc2)CC1.Cl.Cl. The zero-order chi connectivity index (χ0) is 15.6. The summed E-state index contributed by atoms with van der Waals surface area (Å²) in [6, 6.07) is 10.5. The summed E-state index contributed by atoms with van der Waals surface area (Å²) in [6.45, 7) is 6.40. The van der Waals surface area contributed by atoms with Crippen molar-refractivity contribution in [2.45, 2.75) is 13.0 Å². The Hall–Kier alpha value is -0.850. The van der Waals surface area contributed by atoms with E-state index in [1.807, 2.05) is 11.0 Å². The van der Waals surface area contributed by atoms with Crippen molar-refractivity contribution in [1.82, 2.24) is 15.1 Å². The summed E-state index contributed by atoms with van der Waals surface area (Å²) in [5, 5.41) is 3.13. The minimum Gasteiger partial charge on any atom is -0.383 e. The molecule has 1 heterocycles. The van der Waals surface area contributed by atoms with Crippen molar-refractivity contribution in [3.8, 4) is 0 Å². The average molecular weight is 378 g/mol. The first-order chi connectivity index (χ1) is 10.8. The highest BCUT2D eigenvalue weighted by molar-refractivity contribution is 5.85. The molecule has 1 amide bonds. The second-order valence-electron chi connectivity index (χ2n) is 5.67. The predicted octanol–water partition coefficient (Wildman–Crippen LogP) is 1.80. The fourth-order valence-corrected chi connectivity index (χ4v) is 2.70. The molecule has 0 bridgehead atoms. The molecule has 1 aromatic rings. The lowest BCUT2D eigenvalue weighted by Crippen LogP contribution is -2.41. The molecule has 2 rings (SSSR count). The van der Waals surface area contributed by atoms with E-state index in [1.54, 1.807) is 7.11 Å². The molecule has 0 saturated carbocycles. The Kier molecular flexibility index (Phi) is 13.0. The smallest absolute Gasteiger partial charge is 0.236 e. The van der Waals surface area contributed by atoms with E-state index in [2.05, 4.69) is 34.5 Å². The highest BCUT2D eigenvalue weighted by Gasteiger charge is 2.18. The van der Waals surface area contributed by atoms with Gasteiger partial charge in [-0.25, -0.2) is 0 Å². The largest absolute Gasteiger partial charge is 0.383 e. The van der Waals surface area contributed by atoms with Crippen LogP contribution in [0.1, 0.15) is 12.0 Å². The summed E-state index contributed by atoms with van der Waals surface area (Å²) in [5.74, 6) is 0.192. The molecule has 1 saturated heterocycles. The van der Waals surface area contributed by atoms with Crippen LogP contribution >= 0.6 is 24.8 Å². The molecule has 5 nitrogen and oxygen atoms in total. The third-order valence-corrected chi connectivity index (χ3v) is 3.95. The van der Waals surface area contributed by atoms with E-state index < -0.39 is 0 Å². The van der Waals surface area contributed by atoms with Gasteiger partial charge in [0.2, 0.25) is 5.91 Å². The van der Waals surface area contributed by atoms with Gasteiger partial charge in [-0.1, -0.05) is 30.3 Å². The molecular weight excluding hydrogens is 349 g/mol. The van der Waals surface area contributed by atoms with E-state index in [0.717, 1.165) is 45.7 Å².